The molecular formula is C11H27BN4O. The zero-order valence-corrected chi connectivity index (χ0v) is 11.5. The molecule has 0 saturated carbocycles. The molecule has 0 rings (SSSR count). The molecule has 0 amide bonds. The Kier molecular flexibility index (Phi) is 7.79. The molecular weight excluding hydrogens is 215 g/mol. The van der Waals surface area contributed by atoms with Gasteiger partial charge in [-0.1, -0.05) is 27.7 Å². The number of Topliss-reactive ketones (excluding diaryl/α,β-unsaturated/α-hetero) is 1. The number of hydrogen-bond acceptors (Lipinski definition) is 2. The standard InChI is InChI=1S/C11H27BN4O/c1-8(2)11(17)10(16-9(3)4)6-5-7-15-12(13)14/h8-10,15-16H,5-7,13-14H2,1-4H3/t10-/m0/s1. The Morgan fingerprint density at radius 2 is 1.94 bits per heavy atom. The minimum Gasteiger partial charge on any atom is -0.514 e. The van der Waals surface area contributed by atoms with E-state index >= 15 is 0 Å². The highest BCUT2D eigenvalue weighted by molar-refractivity contribution is 6.34. The first kappa shape index (κ1) is 16.1. The summed E-state index contributed by atoms with van der Waals surface area (Å²) in [5.74, 6) is 0.340. The molecule has 17 heavy (non-hydrogen) atoms. The van der Waals surface area contributed by atoms with Gasteiger partial charge in [-0.2, -0.15) is 0 Å². The van der Waals surface area contributed by atoms with Crippen molar-refractivity contribution in [2.45, 2.75) is 52.6 Å². The van der Waals surface area contributed by atoms with Crippen LogP contribution in [-0.4, -0.2) is 31.2 Å². The fourth-order valence-corrected chi connectivity index (χ4v) is 1.69. The molecule has 0 saturated heterocycles. The number of nitrogens with one attached hydrogen (secondary N) is 2. The maximum absolute atomic E-state index is 12.0. The third-order valence-corrected chi connectivity index (χ3v) is 2.50. The molecule has 0 unspecified atom stereocenters. The van der Waals surface area contributed by atoms with Crippen molar-refractivity contribution in [2.75, 3.05) is 6.54 Å². The molecule has 6 heteroatoms. The first-order valence-electron chi connectivity index (χ1n) is 6.39. The maximum atomic E-state index is 12.0. The molecule has 0 aliphatic heterocycles. The lowest BCUT2D eigenvalue weighted by Gasteiger charge is -2.22. The second kappa shape index (κ2) is 8.22. The van der Waals surface area contributed by atoms with Crippen LogP contribution in [0.2, 0.25) is 0 Å². The van der Waals surface area contributed by atoms with E-state index in [-0.39, 0.29) is 17.7 Å². The van der Waals surface area contributed by atoms with Crippen molar-refractivity contribution in [3.05, 3.63) is 0 Å². The van der Waals surface area contributed by atoms with Crippen LogP contribution in [0, 0.1) is 5.92 Å². The van der Waals surface area contributed by atoms with Gasteiger partial charge in [0.05, 0.1) is 6.04 Å². The maximum Gasteiger partial charge on any atom is 0.382 e. The normalized spacial score (nSPS) is 12.8. The molecule has 0 aromatic heterocycles. The predicted molar refractivity (Wildman–Crippen MR) is 71.0 cm³/mol. The Balaban J connectivity index is 4.11. The van der Waals surface area contributed by atoms with Gasteiger partial charge >= 0.3 is 6.77 Å². The lowest BCUT2D eigenvalue weighted by molar-refractivity contribution is -0.124. The molecule has 0 fully saturated rings. The third-order valence-electron chi connectivity index (χ3n) is 2.50. The van der Waals surface area contributed by atoms with Gasteiger partial charge in [-0.25, -0.2) is 0 Å². The van der Waals surface area contributed by atoms with E-state index in [1.54, 1.807) is 0 Å². The Morgan fingerprint density at radius 3 is 2.35 bits per heavy atom. The molecule has 6 N–H and O–H groups in total. The Morgan fingerprint density at radius 1 is 1.35 bits per heavy atom. The van der Waals surface area contributed by atoms with Crippen molar-refractivity contribution in [1.29, 1.82) is 0 Å². The Bertz CT molecular complexity index is 256. The van der Waals surface area contributed by atoms with Crippen LogP contribution in [0.3, 0.4) is 0 Å². The topological polar surface area (TPSA) is 92.7 Å². The highest BCUT2D eigenvalue weighted by Gasteiger charge is 2.20. The van der Waals surface area contributed by atoms with Gasteiger partial charge < -0.3 is 21.5 Å². The van der Waals surface area contributed by atoms with Crippen molar-refractivity contribution in [1.82, 2.24) is 10.5 Å². The molecule has 0 spiro atoms. The third kappa shape index (κ3) is 7.91. The minimum absolute atomic E-state index is 0.0641. The Labute approximate surface area is 105 Å². The summed E-state index contributed by atoms with van der Waals surface area (Å²) in [5.41, 5.74) is 5.38. The average Bonchev–Trinajstić information content (AvgIpc) is 2.20. The van der Waals surface area contributed by atoms with Crippen LogP contribution in [0.25, 0.3) is 0 Å². The molecule has 0 aromatic rings. The van der Waals surface area contributed by atoms with Crippen LogP contribution in [0.4, 0.5) is 0 Å². The summed E-state index contributed by atoms with van der Waals surface area (Å²) in [4.78, 5) is 12.0. The van der Waals surface area contributed by atoms with Crippen LogP contribution in [0.1, 0.15) is 40.5 Å². The van der Waals surface area contributed by atoms with E-state index in [1.165, 1.54) is 0 Å². The van der Waals surface area contributed by atoms with Gasteiger partial charge in [0.25, 0.3) is 0 Å². The first-order valence-corrected chi connectivity index (χ1v) is 6.39. The monoisotopic (exact) mass is 242 g/mol. The average molecular weight is 242 g/mol. The summed E-state index contributed by atoms with van der Waals surface area (Å²) in [6, 6.07) is 0.248. The SMILES string of the molecule is CC(C)N[C@@H](CCCN[B-](N)=[NH2+])C(=O)C(C)C. The van der Waals surface area contributed by atoms with E-state index in [0.717, 1.165) is 19.4 Å². The van der Waals surface area contributed by atoms with Crippen molar-refractivity contribution in [3.8, 4) is 0 Å². The van der Waals surface area contributed by atoms with Gasteiger partial charge in [-0.15, -0.1) is 0 Å². The van der Waals surface area contributed by atoms with Gasteiger partial charge in [-0.3, -0.25) is 4.79 Å². The fraction of sp³-hybridized carbons (Fsp3) is 0.909. The van der Waals surface area contributed by atoms with E-state index in [9.17, 15) is 4.79 Å². The van der Waals surface area contributed by atoms with Gasteiger partial charge in [0.15, 0.2) is 5.78 Å². The number of carbonyl (C=O) groups excluding carboxylic acids is 1. The van der Waals surface area contributed by atoms with Crippen molar-refractivity contribution < 1.29 is 10.1 Å². The lowest BCUT2D eigenvalue weighted by atomic mass is 9.97. The highest BCUT2D eigenvalue weighted by atomic mass is 16.1. The predicted octanol–water partition coefficient (Wildman–Crippen LogP) is -1.08. The lowest BCUT2D eigenvalue weighted by Crippen LogP contribution is -2.57. The van der Waals surface area contributed by atoms with Crippen LogP contribution < -0.4 is 21.5 Å². The largest absolute Gasteiger partial charge is 0.514 e. The molecule has 100 valence electrons. The van der Waals surface area contributed by atoms with E-state index in [2.05, 4.69) is 24.4 Å². The number of rotatable bonds is 9. The van der Waals surface area contributed by atoms with Gasteiger partial charge in [0.1, 0.15) is 0 Å². The second-order valence-electron chi connectivity index (χ2n) is 5.05. The zero-order chi connectivity index (χ0) is 13.4. The van der Waals surface area contributed by atoms with Crippen LogP contribution in [0.5, 0.6) is 0 Å². The minimum atomic E-state index is -0.479. The summed E-state index contributed by atoms with van der Waals surface area (Å²) in [5, 5.41) is 11.6. The number of carbonyl (C=O) groups is 1. The summed E-state index contributed by atoms with van der Waals surface area (Å²) in [6.07, 6.45) is 1.70. The van der Waals surface area contributed by atoms with Crippen LogP contribution in [-0.2, 0) is 4.79 Å². The van der Waals surface area contributed by atoms with Gasteiger partial charge in [0.2, 0.25) is 0 Å². The first-order chi connectivity index (χ1) is 7.84. The molecule has 0 aliphatic rings. The molecule has 0 heterocycles. The van der Waals surface area contributed by atoms with E-state index in [1.807, 2.05) is 13.8 Å². The Hall–Kier alpha value is -0.905. The van der Waals surface area contributed by atoms with Gasteiger partial charge in [-0.05, 0) is 12.8 Å². The summed E-state index contributed by atoms with van der Waals surface area (Å²) < 4.78 is 0. The molecule has 0 bridgehead atoms. The van der Waals surface area contributed by atoms with E-state index in [4.69, 9.17) is 11.0 Å². The molecule has 0 aromatic carbocycles. The van der Waals surface area contributed by atoms with E-state index < -0.39 is 6.77 Å². The molecule has 0 radical (unpaired) electrons. The smallest absolute Gasteiger partial charge is 0.382 e. The summed E-state index contributed by atoms with van der Waals surface area (Å²) in [7, 11) is 0. The molecule has 1 atom stereocenters. The summed E-state index contributed by atoms with van der Waals surface area (Å²) in [6.45, 7) is 8.23. The molecule has 5 nitrogen and oxygen atoms in total. The molecule has 0 aliphatic carbocycles. The van der Waals surface area contributed by atoms with Crippen LogP contribution in [0.15, 0.2) is 0 Å². The fourth-order valence-electron chi connectivity index (χ4n) is 1.69. The quantitative estimate of drug-likeness (QED) is 0.305. The number of hydrogen-bond donors (Lipinski definition) is 4. The van der Waals surface area contributed by atoms with Crippen molar-refractivity contribution >= 4 is 12.6 Å². The van der Waals surface area contributed by atoms with Crippen molar-refractivity contribution in [3.63, 3.8) is 0 Å². The number of ketones is 1. The van der Waals surface area contributed by atoms with Crippen molar-refractivity contribution in [2.24, 2.45) is 11.6 Å². The second-order valence-corrected chi connectivity index (χ2v) is 5.05. The highest BCUT2D eigenvalue weighted by Crippen LogP contribution is 2.06. The zero-order valence-electron chi connectivity index (χ0n) is 11.5. The summed E-state index contributed by atoms with van der Waals surface area (Å²) >= 11 is 0. The number of nitrogens with two attached hydrogens (primary N) is 2. The van der Waals surface area contributed by atoms with Crippen LogP contribution >= 0.6 is 0 Å². The van der Waals surface area contributed by atoms with Gasteiger partial charge in [0, 0.05) is 18.5 Å². The van der Waals surface area contributed by atoms with E-state index in [0.29, 0.717) is 6.04 Å².